The smallest absolute Gasteiger partial charge is 0.338 e. The van der Waals surface area contributed by atoms with Crippen molar-refractivity contribution in [1.82, 2.24) is 0 Å². The predicted molar refractivity (Wildman–Crippen MR) is 229 cm³/mol. The van der Waals surface area contributed by atoms with E-state index in [4.69, 9.17) is 42.6 Å². The minimum Gasteiger partial charge on any atom is -0.501 e. The highest BCUT2D eigenvalue weighted by atomic mass is 16.8. The Morgan fingerprint density at radius 2 is 1.55 bits per heavy atom. The molecule has 0 aromatic heterocycles. The first-order valence-electron chi connectivity index (χ1n) is 23.4. The van der Waals surface area contributed by atoms with Crippen LogP contribution in [-0.2, 0) is 42.7 Å². The van der Waals surface area contributed by atoms with Crippen molar-refractivity contribution in [2.24, 2.45) is 34.5 Å². The van der Waals surface area contributed by atoms with E-state index in [1.165, 1.54) is 31.7 Å². The Morgan fingerprint density at radius 1 is 0.844 bits per heavy atom. The summed E-state index contributed by atoms with van der Waals surface area (Å²) in [6, 6.07) is 6.09. The second kappa shape index (κ2) is 20.1. The number of hydrogen-bond donors (Lipinski definition) is 5. The fraction of sp³-hybridized carbons (Fsp3) is 0.792. The third kappa shape index (κ3) is 9.22. The van der Waals surface area contributed by atoms with Crippen LogP contribution < -0.4 is 4.74 Å². The molecule has 7 rings (SSSR count). The second-order valence-corrected chi connectivity index (χ2v) is 19.6. The van der Waals surface area contributed by atoms with Crippen molar-refractivity contribution in [3.8, 4) is 5.75 Å². The summed E-state index contributed by atoms with van der Waals surface area (Å²) < 4.78 is 54.3. The van der Waals surface area contributed by atoms with Crippen LogP contribution in [-0.4, -0.2) is 145 Å². The molecule has 4 aliphatic carbocycles. The average Bonchev–Trinajstić information content (AvgIpc) is 3.51. The van der Waals surface area contributed by atoms with E-state index in [1.54, 1.807) is 19.2 Å². The van der Waals surface area contributed by atoms with Crippen molar-refractivity contribution >= 4 is 11.9 Å². The summed E-state index contributed by atoms with van der Waals surface area (Å²) in [6.07, 6.45) is -5.20. The number of aliphatic hydroxyl groups excluding tert-OH is 4. The molecule has 17 atom stereocenters. The summed E-state index contributed by atoms with van der Waals surface area (Å²) in [5.41, 5.74) is -0.943. The minimum atomic E-state index is -1.64. The number of unbranched alkanes of at least 4 members (excludes halogenated alkanes) is 2. The van der Waals surface area contributed by atoms with Gasteiger partial charge in [-0.1, -0.05) is 40.5 Å². The number of esters is 2. The monoisotopic (exact) mass is 904 g/mol. The molecule has 3 saturated carbocycles. The standard InChI is InChI=1S/C48H72O16/c1-8-9-10-19-58-23-26(2)48(55)38(22-33-31-21-37(57-7)34-20-29(50)15-17-46(34,4)32(31)16-18-47(33,48)5)62-45-42(61-27(3)49)40(36(52)25-60-45)64-44-41(39(53)35(51)24-59-44)63-43(54)28-11-13-30(56-6)14-12-28/h11-14,26,29,31-33,35-36,38-42,44-45,50-53,55H,8-10,15-25H2,1-7H3/t26-,29+,31-,32+,33+,35-,36+,38+,39+,40+,41-,42-,44+,45+,46-,47+,48-/m1/s1. The van der Waals surface area contributed by atoms with Gasteiger partial charge in [0.25, 0.3) is 0 Å². The number of carbonyl (C=O) groups is 2. The second-order valence-electron chi connectivity index (χ2n) is 19.6. The number of hydrogen-bond acceptors (Lipinski definition) is 16. The maximum Gasteiger partial charge on any atom is 0.338 e. The van der Waals surface area contributed by atoms with Crippen molar-refractivity contribution in [1.29, 1.82) is 0 Å². The number of rotatable bonds is 16. The number of fused-ring (bicyclic) bond motifs is 5. The van der Waals surface area contributed by atoms with Crippen LogP contribution in [0.15, 0.2) is 35.6 Å². The van der Waals surface area contributed by atoms with E-state index in [2.05, 4.69) is 20.8 Å². The summed E-state index contributed by atoms with van der Waals surface area (Å²) in [4.78, 5) is 26.2. The fourth-order valence-electron chi connectivity index (χ4n) is 12.4. The van der Waals surface area contributed by atoms with Crippen molar-refractivity contribution in [3.05, 3.63) is 41.2 Å². The fourth-order valence-corrected chi connectivity index (χ4v) is 12.4. The first-order chi connectivity index (χ1) is 30.5. The molecule has 0 unspecified atom stereocenters. The molecule has 0 bridgehead atoms. The quantitative estimate of drug-likeness (QED) is 0.116. The van der Waals surface area contributed by atoms with Crippen LogP contribution in [0.1, 0.15) is 109 Å². The molecule has 2 heterocycles. The van der Waals surface area contributed by atoms with Gasteiger partial charge in [0.2, 0.25) is 0 Å². The van der Waals surface area contributed by atoms with Gasteiger partial charge in [-0.25, -0.2) is 4.79 Å². The molecule has 1 aromatic rings. The van der Waals surface area contributed by atoms with Gasteiger partial charge in [-0.05, 0) is 98.0 Å². The van der Waals surface area contributed by atoms with E-state index < -0.39 is 96.9 Å². The maximum absolute atomic E-state index is 13.5. The molecule has 6 aliphatic rings. The summed E-state index contributed by atoms with van der Waals surface area (Å²) in [5.74, 6) is -0.155. The highest BCUT2D eigenvalue weighted by Crippen LogP contribution is 2.69. The zero-order chi connectivity index (χ0) is 46.1. The topological polar surface area (TPSA) is 218 Å². The molecule has 5 N–H and O–H groups in total. The zero-order valence-electron chi connectivity index (χ0n) is 38.5. The lowest BCUT2D eigenvalue weighted by Crippen LogP contribution is -2.64. The largest absolute Gasteiger partial charge is 0.501 e. The molecule has 0 radical (unpaired) electrons. The molecule has 64 heavy (non-hydrogen) atoms. The lowest BCUT2D eigenvalue weighted by molar-refractivity contribution is -0.346. The molecule has 5 fully saturated rings. The van der Waals surface area contributed by atoms with E-state index in [-0.39, 0.29) is 36.0 Å². The highest BCUT2D eigenvalue weighted by molar-refractivity contribution is 5.89. The van der Waals surface area contributed by atoms with E-state index in [0.717, 1.165) is 44.3 Å². The Balaban J connectivity index is 1.18. The third-order valence-electron chi connectivity index (χ3n) is 16.0. The van der Waals surface area contributed by atoms with Gasteiger partial charge in [0.1, 0.15) is 35.8 Å². The van der Waals surface area contributed by atoms with Crippen LogP contribution in [0.5, 0.6) is 5.75 Å². The number of ether oxygens (including phenoxy) is 9. The summed E-state index contributed by atoms with van der Waals surface area (Å²) in [6.45, 7) is 9.93. The first kappa shape index (κ1) is 49.0. The van der Waals surface area contributed by atoms with Crippen molar-refractivity contribution in [2.45, 2.75) is 166 Å². The first-order valence-corrected chi connectivity index (χ1v) is 23.4. The molecule has 0 amide bonds. The Labute approximate surface area is 376 Å². The average molecular weight is 905 g/mol. The molecular weight excluding hydrogens is 833 g/mol. The minimum absolute atomic E-state index is 0.0303. The predicted octanol–water partition coefficient (Wildman–Crippen LogP) is 4.20. The summed E-state index contributed by atoms with van der Waals surface area (Å²) in [7, 11) is 3.19. The summed E-state index contributed by atoms with van der Waals surface area (Å²) >= 11 is 0. The van der Waals surface area contributed by atoms with Gasteiger partial charge in [0.05, 0.1) is 57.6 Å². The molecule has 16 heteroatoms. The lowest BCUT2D eigenvalue weighted by atomic mass is 9.46. The molecule has 360 valence electrons. The Hall–Kier alpha value is -2.90. The van der Waals surface area contributed by atoms with Gasteiger partial charge in [-0.2, -0.15) is 0 Å². The number of aliphatic hydroxyl groups is 5. The third-order valence-corrected chi connectivity index (χ3v) is 16.0. The molecule has 2 aliphatic heterocycles. The van der Waals surface area contributed by atoms with Gasteiger partial charge in [0, 0.05) is 31.3 Å². The van der Waals surface area contributed by atoms with Gasteiger partial charge < -0.3 is 68.2 Å². The van der Waals surface area contributed by atoms with Crippen molar-refractivity contribution in [2.75, 3.05) is 40.6 Å². The number of carbonyl (C=O) groups excluding carboxylic acids is 2. The number of benzene rings is 1. The van der Waals surface area contributed by atoms with Crippen molar-refractivity contribution in [3.63, 3.8) is 0 Å². The van der Waals surface area contributed by atoms with Crippen LogP contribution in [0, 0.1) is 34.5 Å². The van der Waals surface area contributed by atoms with Gasteiger partial charge in [0.15, 0.2) is 24.8 Å². The van der Waals surface area contributed by atoms with Crippen molar-refractivity contribution < 1.29 is 77.8 Å². The van der Waals surface area contributed by atoms with E-state index in [1.807, 2.05) is 6.92 Å². The molecule has 1 aromatic carbocycles. The molecule has 2 saturated heterocycles. The Morgan fingerprint density at radius 3 is 2.22 bits per heavy atom. The zero-order valence-corrected chi connectivity index (χ0v) is 38.5. The van der Waals surface area contributed by atoms with Crippen LogP contribution >= 0.6 is 0 Å². The van der Waals surface area contributed by atoms with Crippen LogP contribution in [0.4, 0.5) is 0 Å². The van der Waals surface area contributed by atoms with Gasteiger partial charge >= 0.3 is 11.9 Å². The Kier molecular flexibility index (Phi) is 15.4. The van der Waals surface area contributed by atoms with Crippen LogP contribution in [0.25, 0.3) is 0 Å². The summed E-state index contributed by atoms with van der Waals surface area (Å²) in [5, 5.41) is 57.5. The maximum atomic E-state index is 13.5. The number of allylic oxidation sites excluding steroid dienone is 1. The van der Waals surface area contributed by atoms with E-state index in [0.29, 0.717) is 44.0 Å². The lowest BCUT2D eigenvalue weighted by Gasteiger charge is -2.60. The normalized spacial score (nSPS) is 41.3. The SMILES string of the molecule is CCCCCOC[C@@H](C)[C@@]1(O)[C@@H](O[C@@H]2OC[C@H](O)[C@H](O[C@@H]3OC[C@@H](O)[C@H](O)[C@H]3OC(=O)c3ccc(OC)cc3)[C@H]2OC(C)=O)C[C@H]2[C@@H]3CC(OC)=C4C[C@@H](O)CC[C@]4(C)[C@H]3CC[C@@]21C. The van der Waals surface area contributed by atoms with Gasteiger partial charge in [-0.3, -0.25) is 4.79 Å². The molecule has 0 spiro atoms. The van der Waals surface area contributed by atoms with Gasteiger partial charge in [-0.15, -0.1) is 0 Å². The Bertz CT molecular complexity index is 1790. The molecule has 16 nitrogen and oxygen atoms in total. The van der Waals surface area contributed by atoms with E-state index in [9.17, 15) is 35.1 Å². The number of methoxy groups -OCH3 is 2. The van der Waals surface area contributed by atoms with E-state index >= 15 is 0 Å². The van der Waals surface area contributed by atoms with Crippen LogP contribution in [0.2, 0.25) is 0 Å². The van der Waals surface area contributed by atoms with Crippen LogP contribution in [0.3, 0.4) is 0 Å². The molecular formula is C48H72O16. The highest BCUT2D eigenvalue weighted by Gasteiger charge is 2.70.